The number of nitrogens with one attached hydrogen (secondary N) is 1. The highest BCUT2D eigenvalue weighted by Crippen LogP contribution is 2.24. The molecule has 0 spiro atoms. The van der Waals surface area contributed by atoms with Crippen molar-refractivity contribution >= 4 is 28.3 Å². The molecule has 1 fully saturated rings. The second-order valence-corrected chi connectivity index (χ2v) is 6.01. The van der Waals surface area contributed by atoms with Crippen molar-refractivity contribution in [3.05, 3.63) is 34.1 Å². The van der Waals surface area contributed by atoms with Crippen molar-refractivity contribution in [3.8, 4) is 0 Å². The third kappa shape index (κ3) is 4.69. The zero-order valence-electron chi connectivity index (χ0n) is 11.9. The summed E-state index contributed by atoms with van der Waals surface area (Å²) in [5.74, 6) is -0.107. The Balaban J connectivity index is 0.00000200. The number of halogens is 3. The van der Waals surface area contributed by atoms with E-state index < -0.39 is 0 Å². The normalized spacial score (nSPS) is 16.2. The maximum atomic E-state index is 13.9. The van der Waals surface area contributed by atoms with Gasteiger partial charge in [0.25, 0.3) is 0 Å². The molecule has 5 heteroatoms. The van der Waals surface area contributed by atoms with Gasteiger partial charge in [-0.25, -0.2) is 4.39 Å². The number of piperidine rings is 1. The molecule has 0 aromatic heterocycles. The monoisotopic (exact) mass is 364 g/mol. The largest absolute Gasteiger partial charge is 0.317 e. The predicted octanol–water partition coefficient (Wildman–Crippen LogP) is 3.97. The van der Waals surface area contributed by atoms with Gasteiger partial charge in [0, 0.05) is 22.6 Å². The molecule has 0 unspecified atom stereocenters. The number of hydrogen-bond acceptors (Lipinski definition) is 2. The maximum absolute atomic E-state index is 13.9. The highest BCUT2D eigenvalue weighted by atomic mass is 79.9. The molecule has 0 amide bonds. The van der Waals surface area contributed by atoms with Gasteiger partial charge in [0.1, 0.15) is 5.82 Å². The number of nitrogens with zero attached hydrogens (tertiary/aromatic N) is 1. The number of benzene rings is 1. The van der Waals surface area contributed by atoms with Gasteiger partial charge in [-0.1, -0.05) is 28.9 Å². The second-order valence-electron chi connectivity index (χ2n) is 5.15. The summed E-state index contributed by atoms with van der Waals surface area (Å²) in [6.07, 6.45) is 3.42. The molecule has 2 rings (SSSR count). The van der Waals surface area contributed by atoms with Crippen LogP contribution < -0.4 is 5.32 Å². The van der Waals surface area contributed by atoms with Crippen LogP contribution in [0.4, 0.5) is 4.39 Å². The molecule has 20 heavy (non-hydrogen) atoms. The minimum Gasteiger partial charge on any atom is -0.317 e. The molecule has 0 bridgehead atoms. The number of rotatable bonds is 5. The predicted molar refractivity (Wildman–Crippen MR) is 87.9 cm³/mol. The lowest BCUT2D eigenvalue weighted by Crippen LogP contribution is -2.43. The molecule has 1 aromatic rings. The minimum atomic E-state index is -0.107. The van der Waals surface area contributed by atoms with Crippen LogP contribution in [0.1, 0.15) is 31.7 Å². The van der Waals surface area contributed by atoms with Gasteiger partial charge in [-0.2, -0.15) is 0 Å². The van der Waals surface area contributed by atoms with Crippen molar-refractivity contribution in [1.82, 2.24) is 10.2 Å². The van der Waals surface area contributed by atoms with Crippen LogP contribution in [0.5, 0.6) is 0 Å². The quantitative estimate of drug-likeness (QED) is 0.849. The average molecular weight is 366 g/mol. The molecular formula is C15H23BrClFN2. The Hall–Kier alpha value is -0.160. The first-order valence-corrected chi connectivity index (χ1v) is 7.89. The third-order valence-corrected chi connectivity index (χ3v) is 4.50. The fourth-order valence-corrected chi connectivity index (χ4v) is 3.20. The summed E-state index contributed by atoms with van der Waals surface area (Å²) in [5, 5.41) is 3.39. The molecule has 1 aromatic carbocycles. The van der Waals surface area contributed by atoms with Gasteiger partial charge >= 0.3 is 0 Å². The Bertz CT molecular complexity index is 391. The molecule has 0 saturated carbocycles. The first-order valence-electron chi connectivity index (χ1n) is 7.10. The van der Waals surface area contributed by atoms with Crippen molar-refractivity contribution < 1.29 is 4.39 Å². The summed E-state index contributed by atoms with van der Waals surface area (Å²) in [4.78, 5) is 2.43. The lowest BCUT2D eigenvalue weighted by atomic mass is 10.0. The van der Waals surface area contributed by atoms with E-state index >= 15 is 0 Å². The van der Waals surface area contributed by atoms with Gasteiger partial charge in [0.15, 0.2) is 0 Å². The molecule has 114 valence electrons. The summed E-state index contributed by atoms with van der Waals surface area (Å²) in [6, 6.07) is 5.79. The maximum Gasteiger partial charge on any atom is 0.128 e. The van der Waals surface area contributed by atoms with Gasteiger partial charge in [0.2, 0.25) is 0 Å². The lowest BCUT2D eigenvalue weighted by molar-refractivity contribution is 0.152. The summed E-state index contributed by atoms with van der Waals surface area (Å²) in [6.45, 7) is 6.06. The van der Waals surface area contributed by atoms with Crippen molar-refractivity contribution in [2.24, 2.45) is 0 Å². The van der Waals surface area contributed by atoms with Crippen LogP contribution in [-0.4, -0.2) is 30.6 Å². The molecular weight excluding hydrogens is 343 g/mol. The van der Waals surface area contributed by atoms with E-state index in [0.29, 0.717) is 12.6 Å². The molecule has 2 nitrogen and oxygen atoms in total. The SMILES string of the molecule is CCCN(Cc1c(F)cccc1Br)C1CCNCC1.Cl. The summed E-state index contributed by atoms with van der Waals surface area (Å²) in [5.41, 5.74) is 0.787. The van der Waals surface area contributed by atoms with E-state index in [9.17, 15) is 4.39 Å². The molecule has 0 aliphatic carbocycles. The van der Waals surface area contributed by atoms with Crippen molar-refractivity contribution in [2.45, 2.75) is 38.8 Å². The van der Waals surface area contributed by atoms with Crippen molar-refractivity contribution in [1.29, 1.82) is 0 Å². The molecule has 1 aliphatic heterocycles. The Morgan fingerprint density at radius 2 is 2.05 bits per heavy atom. The van der Waals surface area contributed by atoms with Crippen LogP contribution in [0.15, 0.2) is 22.7 Å². The zero-order valence-corrected chi connectivity index (χ0v) is 14.3. The molecule has 0 atom stereocenters. The molecule has 1 N–H and O–H groups in total. The molecule has 0 radical (unpaired) electrons. The van der Waals surface area contributed by atoms with Gasteiger partial charge in [-0.15, -0.1) is 12.4 Å². The minimum absolute atomic E-state index is 0. The zero-order chi connectivity index (χ0) is 13.7. The van der Waals surface area contributed by atoms with Crippen molar-refractivity contribution in [3.63, 3.8) is 0 Å². The lowest BCUT2D eigenvalue weighted by Gasteiger charge is -2.34. The summed E-state index contributed by atoms with van der Waals surface area (Å²) in [7, 11) is 0. The first-order chi connectivity index (χ1) is 9.22. The van der Waals surface area contributed by atoms with E-state index in [1.54, 1.807) is 12.1 Å². The fourth-order valence-electron chi connectivity index (χ4n) is 2.74. The Kier molecular flexibility index (Phi) is 8.03. The third-order valence-electron chi connectivity index (χ3n) is 3.76. The molecule has 1 heterocycles. The van der Waals surface area contributed by atoms with E-state index in [-0.39, 0.29) is 18.2 Å². The summed E-state index contributed by atoms with van der Waals surface area (Å²) < 4.78 is 14.8. The van der Waals surface area contributed by atoms with Gasteiger partial charge in [0.05, 0.1) is 0 Å². The van der Waals surface area contributed by atoms with Gasteiger partial charge in [-0.3, -0.25) is 4.90 Å². The van der Waals surface area contributed by atoms with Crippen LogP contribution in [-0.2, 0) is 6.54 Å². The smallest absolute Gasteiger partial charge is 0.128 e. The van der Waals surface area contributed by atoms with Crippen LogP contribution in [0.25, 0.3) is 0 Å². The van der Waals surface area contributed by atoms with Crippen LogP contribution in [0.3, 0.4) is 0 Å². The Labute approximate surface area is 135 Å². The van der Waals surface area contributed by atoms with E-state index in [1.807, 2.05) is 6.07 Å². The van der Waals surface area contributed by atoms with Gasteiger partial charge in [-0.05, 0) is 51.0 Å². The Morgan fingerprint density at radius 1 is 1.35 bits per heavy atom. The summed E-state index contributed by atoms with van der Waals surface area (Å²) >= 11 is 3.47. The average Bonchev–Trinajstić information content (AvgIpc) is 2.43. The van der Waals surface area contributed by atoms with Crippen LogP contribution in [0.2, 0.25) is 0 Å². The highest BCUT2D eigenvalue weighted by Gasteiger charge is 2.22. The van der Waals surface area contributed by atoms with Crippen molar-refractivity contribution in [2.75, 3.05) is 19.6 Å². The van der Waals surface area contributed by atoms with E-state index in [1.165, 1.54) is 0 Å². The van der Waals surface area contributed by atoms with E-state index in [2.05, 4.69) is 33.1 Å². The topological polar surface area (TPSA) is 15.3 Å². The molecule has 1 saturated heterocycles. The fraction of sp³-hybridized carbons (Fsp3) is 0.600. The van der Waals surface area contributed by atoms with E-state index in [4.69, 9.17) is 0 Å². The highest BCUT2D eigenvalue weighted by molar-refractivity contribution is 9.10. The number of hydrogen-bond donors (Lipinski definition) is 1. The van der Waals surface area contributed by atoms with Crippen LogP contribution in [0, 0.1) is 5.82 Å². The first kappa shape index (κ1) is 17.9. The standard InChI is InChI=1S/C15H22BrFN2.ClH/c1-2-10-19(12-6-8-18-9-7-12)11-13-14(16)4-3-5-15(13)17;/h3-5,12,18H,2,6-11H2,1H3;1H. The van der Waals surface area contributed by atoms with E-state index in [0.717, 1.165) is 48.9 Å². The second kappa shape index (κ2) is 8.98. The van der Waals surface area contributed by atoms with Crippen LogP contribution >= 0.6 is 28.3 Å². The molecule has 1 aliphatic rings. The Morgan fingerprint density at radius 3 is 2.65 bits per heavy atom. The van der Waals surface area contributed by atoms with Gasteiger partial charge < -0.3 is 5.32 Å².